The zero-order valence-electron chi connectivity index (χ0n) is 16.8. The Kier molecular flexibility index (Phi) is 8.69. The van der Waals surface area contributed by atoms with Gasteiger partial charge in [0.2, 0.25) is 0 Å². The van der Waals surface area contributed by atoms with Crippen molar-refractivity contribution >= 4 is 35.3 Å². The van der Waals surface area contributed by atoms with E-state index in [0.29, 0.717) is 11.4 Å². The Morgan fingerprint density at radius 3 is 2.34 bits per heavy atom. The van der Waals surface area contributed by atoms with Gasteiger partial charge in [0, 0.05) is 17.0 Å². The third kappa shape index (κ3) is 6.62. The lowest BCUT2D eigenvalue weighted by Gasteiger charge is -2.24. The van der Waals surface area contributed by atoms with Crippen molar-refractivity contribution in [2.75, 3.05) is 31.7 Å². The molecule has 0 aliphatic heterocycles. The number of benzene rings is 2. The molecule has 154 valence electrons. The van der Waals surface area contributed by atoms with Crippen LogP contribution in [0.25, 0.3) is 0 Å². The number of quaternary nitrogens is 1. The molecule has 7 nitrogen and oxygen atoms in total. The van der Waals surface area contributed by atoms with E-state index in [0.717, 1.165) is 16.1 Å². The van der Waals surface area contributed by atoms with Crippen molar-refractivity contribution in [3.8, 4) is 0 Å². The molecule has 2 aromatic carbocycles. The first-order chi connectivity index (χ1) is 14.0. The monoisotopic (exact) mass is 415 g/mol. The van der Waals surface area contributed by atoms with Crippen LogP contribution in [-0.4, -0.2) is 44.2 Å². The Labute approximate surface area is 175 Å². The first-order valence-corrected chi connectivity index (χ1v) is 10.6. The Morgan fingerprint density at radius 2 is 1.69 bits per heavy atom. The number of rotatable bonds is 8. The van der Waals surface area contributed by atoms with Gasteiger partial charge in [0.15, 0.2) is 12.6 Å². The van der Waals surface area contributed by atoms with Gasteiger partial charge in [-0.25, -0.2) is 4.79 Å². The summed E-state index contributed by atoms with van der Waals surface area (Å²) >= 11 is 1.55. The van der Waals surface area contributed by atoms with Gasteiger partial charge in [0.05, 0.1) is 12.7 Å². The molecule has 0 radical (unpaired) electrons. The zero-order chi connectivity index (χ0) is 21.2. The molecule has 2 atom stereocenters. The number of amides is 4. The average Bonchev–Trinajstić information content (AvgIpc) is 2.69. The maximum Gasteiger partial charge on any atom is 0.321 e. The van der Waals surface area contributed by atoms with E-state index in [2.05, 4.69) is 16.0 Å². The first-order valence-electron chi connectivity index (χ1n) is 9.35. The third-order valence-electron chi connectivity index (χ3n) is 4.28. The second-order valence-electron chi connectivity index (χ2n) is 6.46. The maximum atomic E-state index is 12.8. The van der Waals surface area contributed by atoms with E-state index in [1.807, 2.05) is 60.9 Å². The number of hydrogen-bond donors (Lipinski definition) is 4. The summed E-state index contributed by atoms with van der Waals surface area (Å²) in [5, 5.41) is 7.81. The Balaban J connectivity index is 2.14. The molecule has 2 aromatic rings. The molecule has 0 saturated heterocycles. The van der Waals surface area contributed by atoms with Crippen LogP contribution < -0.4 is 20.9 Å². The molecule has 8 heteroatoms. The standard InChI is InChI=1S/C21H26N4O3S/c1-4-22-21(28)24-20(27)19(15-10-6-5-7-11-15)25(2)14-18(26)23-16-12-8-9-13-17(16)29-3/h5-13,19H,4,14H2,1-3H3,(H,23,26)(H2,22,24,27,28)/p+1/t19-/m0/s1. The van der Waals surface area contributed by atoms with Gasteiger partial charge in [0.1, 0.15) is 0 Å². The minimum atomic E-state index is -0.708. The summed E-state index contributed by atoms with van der Waals surface area (Å²) in [5.41, 5.74) is 1.46. The van der Waals surface area contributed by atoms with Crippen molar-refractivity contribution in [2.45, 2.75) is 17.9 Å². The van der Waals surface area contributed by atoms with Crippen LogP contribution in [0.2, 0.25) is 0 Å². The number of imide groups is 1. The molecule has 0 aliphatic rings. The number of urea groups is 1. The fourth-order valence-corrected chi connectivity index (χ4v) is 3.55. The smallest absolute Gasteiger partial charge is 0.321 e. The number of para-hydroxylation sites is 1. The number of nitrogens with one attached hydrogen (secondary N) is 4. The van der Waals surface area contributed by atoms with Crippen molar-refractivity contribution in [1.82, 2.24) is 10.6 Å². The van der Waals surface area contributed by atoms with Gasteiger partial charge in [-0.3, -0.25) is 14.9 Å². The Morgan fingerprint density at radius 1 is 1.03 bits per heavy atom. The van der Waals surface area contributed by atoms with Crippen molar-refractivity contribution in [3.63, 3.8) is 0 Å². The van der Waals surface area contributed by atoms with Gasteiger partial charge in [0.25, 0.3) is 11.8 Å². The number of carbonyl (C=O) groups excluding carboxylic acids is 3. The maximum absolute atomic E-state index is 12.8. The molecule has 0 heterocycles. The summed E-state index contributed by atoms with van der Waals surface area (Å²) in [6, 6.07) is 15.4. The molecule has 0 bridgehead atoms. The molecule has 0 spiro atoms. The number of likely N-dealkylation sites (N-methyl/N-ethyl adjacent to an activating group) is 1. The van der Waals surface area contributed by atoms with Gasteiger partial charge in [-0.05, 0) is 25.3 Å². The summed E-state index contributed by atoms with van der Waals surface area (Å²) in [4.78, 5) is 38.8. The highest BCUT2D eigenvalue weighted by Gasteiger charge is 2.31. The van der Waals surface area contributed by atoms with E-state index in [1.54, 1.807) is 25.7 Å². The molecule has 0 saturated carbocycles. The SMILES string of the molecule is CCNC(=O)NC(=O)[C@H](c1ccccc1)[NH+](C)CC(=O)Nc1ccccc1SC. The number of anilines is 1. The van der Waals surface area contributed by atoms with Crippen LogP contribution >= 0.6 is 11.8 Å². The van der Waals surface area contributed by atoms with Crippen LogP contribution in [0, 0.1) is 0 Å². The van der Waals surface area contributed by atoms with Crippen molar-refractivity contribution in [2.24, 2.45) is 0 Å². The van der Waals surface area contributed by atoms with E-state index >= 15 is 0 Å². The fraction of sp³-hybridized carbons (Fsp3) is 0.286. The van der Waals surface area contributed by atoms with Crippen molar-refractivity contribution in [1.29, 1.82) is 0 Å². The molecule has 0 aromatic heterocycles. The minimum Gasteiger partial charge on any atom is -0.338 e. The molecule has 0 aliphatic carbocycles. The van der Waals surface area contributed by atoms with E-state index < -0.39 is 18.0 Å². The highest BCUT2D eigenvalue weighted by atomic mass is 32.2. The summed E-state index contributed by atoms with van der Waals surface area (Å²) < 4.78 is 0. The number of hydrogen-bond acceptors (Lipinski definition) is 4. The molecular formula is C21H27N4O3S+. The average molecular weight is 416 g/mol. The van der Waals surface area contributed by atoms with Gasteiger partial charge < -0.3 is 15.5 Å². The Hall–Kier alpha value is -2.84. The predicted octanol–water partition coefficient (Wildman–Crippen LogP) is 1.45. The van der Waals surface area contributed by atoms with Crippen LogP contribution in [0.4, 0.5) is 10.5 Å². The lowest BCUT2D eigenvalue weighted by Crippen LogP contribution is -3.11. The summed E-state index contributed by atoms with van der Waals surface area (Å²) in [6.07, 6.45) is 1.94. The molecular weight excluding hydrogens is 388 g/mol. The molecule has 4 N–H and O–H groups in total. The molecule has 0 fully saturated rings. The van der Waals surface area contributed by atoms with Crippen LogP contribution in [0.3, 0.4) is 0 Å². The number of carbonyl (C=O) groups is 3. The van der Waals surface area contributed by atoms with Crippen molar-refractivity contribution < 1.29 is 19.3 Å². The van der Waals surface area contributed by atoms with E-state index in [4.69, 9.17) is 0 Å². The quantitative estimate of drug-likeness (QED) is 0.491. The highest BCUT2D eigenvalue weighted by Crippen LogP contribution is 2.24. The van der Waals surface area contributed by atoms with Crippen LogP contribution in [-0.2, 0) is 9.59 Å². The predicted molar refractivity (Wildman–Crippen MR) is 115 cm³/mol. The van der Waals surface area contributed by atoms with Crippen LogP contribution in [0.5, 0.6) is 0 Å². The van der Waals surface area contributed by atoms with E-state index in [-0.39, 0.29) is 12.5 Å². The van der Waals surface area contributed by atoms with Crippen LogP contribution in [0.1, 0.15) is 18.5 Å². The largest absolute Gasteiger partial charge is 0.338 e. The molecule has 2 rings (SSSR count). The summed E-state index contributed by atoms with van der Waals surface area (Å²) in [7, 11) is 1.76. The van der Waals surface area contributed by atoms with Gasteiger partial charge in [-0.2, -0.15) is 0 Å². The lowest BCUT2D eigenvalue weighted by atomic mass is 10.0. The van der Waals surface area contributed by atoms with Crippen molar-refractivity contribution in [3.05, 3.63) is 60.2 Å². The number of thioether (sulfide) groups is 1. The molecule has 29 heavy (non-hydrogen) atoms. The first kappa shape index (κ1) is 22.4. The summed E-state index contributed by atoms with van der Waals surface area (Å²) in [5.74, 6) is -0.673. The fourth-order valence-electron chi connectivity index (χ4n) is 2.99. The van der Waals surface area contributed by atoms with E-state index in [1.165, 1.54) is 0 Å². The minimum absolute atomic E-state index is 0.0606. The van der Waals surface area contributed by atoms with E-state index in [9.17, 15) is 14.4 Å². The third-order valence-corrected chi connectivity index (χ3v) is 5.08. The molecule has 1 unspecified atom stereocenters. The second-order valence-corrected chi connectivity index (χ2v) is 7.31. The highest BCUT2D eigenvalue weighted by molar-refractivity contribution is 7.98. The molecule has 4 amide bonds. The normalized spacial score (nSPS) is 12.5. The van der Waals surface area contributed by atoms with Gasteiger partial charge >= 0.3 is 6.03 Å². The van der Waals surface area contributed by atoms with Gasteiger partial charge in [-0.15, -0.1) is 11.8 Å². The van der Waals surface area contributed by atoms with Crippen LogP contribution in [0.15, 0.2) is 59.5 Å². The Bertz CT molecular complexity index is 845. The zero-order valence-corrected chi connectivity index (χ0v) is 17.6. The summed E-state index contributed by atoms with van der Waals surface area (Å²) in [6.45, 7) is 2.24. The van der Waals surface area contributed by atoms with Gasteiger partial charge in [-0.1, -0.05) is 42.5 Å². The second kappa shape index (κ2) is 11.2. The lowest BCUT2D eigenvalue weighted by molar-refractivity contribution is -0.894. The topological polar surface area (TPSA) is 91.7 Å².